The number of carbonyl (C=O) groups is 1. The van der Waals surface area contributed by atoms with E-state index in [4.69, 9.17) is 0 Å². The average Bonchev–Trinajstić information content (AvgIpc) is 3.09. The van der Waals surface area contributed by atoms with E-state index in [0.717, 1.165) is 31.6 Å². The number of halogens is 2. The number of fused-ring (bicyclic) bond motifs is 3. The summed E-state index contributed by atoms with van der Waals surface area (Å²) in [4.78, 5) is 19.4. The predicted molar refractivity (Wildman–Crippen MR) is 87.6 cm³/mol. The smallest absolute Gasteiger partial charge is 0.264 e. The fraction of sp³-hybridized carbons (Fsp3) is 0.412. The Bertz CT molecular complexity index is 771. The van der Waals surface area contributed by atoms with Gasteiger partial charge in [0.15, 0.2) is 11.6 Å². The van der Waals surface area contributed by atoms with Crippen LogP contribution < -0.4 is 5.32 Å². The first-order valence-electron chi connectivity index (χ1n) is 8.06. The molecule has 3 aliphatic heterocycles. The summed E-state index contributed by atoms with van der Waals surface area (Å²) in [6.07, 6.45) is 5.02. The van der Waals surface area contributed by atoms with Crippen molar-refractivity contribution < 1.29 is 13.6 Å². The number of nitrogens with zero attached hydrogens (tertiary/aromatic N) is 2. The number of aromatic nitrogens is 1. The van der Waals surface area contributed by atoms with E-state index in [0.29, 0.717) is 21.4 Å². The van der Waals surface area contributed by atoms with Crippen molar-refractivity contribution in [1.29, 1.82) is 0 Å². The van der Waals surface area contributed by atoms with E-state index in [1.54, 1.807) is 0 Å². The first kappa shape index (κ1) is 15.7. The third kappa shape index (κ3) is 2.93. The molecule has 1 N–H and O–H groups in total. The van der Waals surface area contributed by atoms with E-state index in [-0.39, 0.29) is 12.1 Å². The highest BCUT2D eigenvalue weighted by Crippen LogP contribution is 2.31. The number of amides is 1. The van der Waals surface area contributed by atoms with Crippen molar-refractivity contribution in [2.45, 2.75) is 25.4 Å². The molecule has 1 aromatic heterocycles. The van der Waals surface area contributed by atoms with E-state index in [1.165, 1.54) is 36.4 Å². The summed E-state index contributed by atoms with van der Waals surface area (Å²) < 4.78 is 26.4. The molecule has 2 bridgehead atoms. The number of benzene rings is 1. The molecular weight excluding hydrogens is 332 g/mol. The number of hydrogen-bond donors (Lipinski definition) is 1. The Kier molecular flexibility index (Phi) is 4.05. The van der Waals surface area contributed by atoms with Crippen LogP contribution in [0.5, 0.6) is 0 Å². The molecule has 3 aliphatic rings. The van der Waals surface area contributed by atoms with E-state index in [2.05, 4.69) is 15.2 Å². The lowest BCUT2D eigenvalue weighted by molar-refractivity contribution is 0.0296. The summed E-state index contributed by atoms with van der Waals surface area (Å²) in [5, 5.41) is 3.58. The van der Waals surface area contributed by atoms with Gasteiger partial charge < -0.3 is 5.32 Å². The summed E-state index contributed by atoms with van der Waals surface area (Å²) in [5.41, 5.74) is 0.471. The van der Waals surface area contributed by atoms with Gasteiger partial charge in [0.2, 0.25) is 0 Å². The molecule has 3 fully saturated rings. The quantitative estimate of drug-likeness (QED) is 0.925. The van der Waals surface area contributed by atoms with Gasteiger partial charge in [0.1, 0.15) is 9.88 Å². The van der Waals surface area contributed by atoms with Crippen LogP contribution in [0.4, 0.5) is 8.78 Å². The van der Waals surface area contributed by atoms with Crippen LogP contribution in [0.1, 0.15) is 28.9 Å². The Labute approximate surface area is 142 Å². The van der Waals surface area contributed by atoms with Crippen molar-refractivity contribution >= 4 is 17.2 Å². The van der Waals surface area contributed by atoms with Crippen molar-refractivity contribution in [3.63, 3.8) is 0 Å². The Hall–Kier alpha value is -1.86. The van der Waals surface area contributed by atoms with Crippen LogP contribution in [-0.4, -0.2) is 35.0 Å². The lowest BCUT2D eigenvalue weighted by Gasteiger charge is -2.45. The highest BCUT2D eigenvalue weighted by atomic mass is 32.1. The summed E-state index contributed by atoms with van der Waals surface area (Å²) in [6.45, 7) is 2.08. The second-order valence-corrected chi connectivity index (χ2v) is 7.39. The molecular formula is C17H17F2N3OS. The molecule has 2 aromatic rings. The number of piperidine rings is 3. The summed E-state index contributed by atoms with van der Waals surface area (Å²) >= 11 is 1.19. The molecule has 0 radical (unpaired) electrons. The summed E-state index contributed by atoms with van der Waals surface area (Å²) in [6, 6.07) is 3.63. The Balaban J connectivity index is 1.48. The van der Waals surface area contributed by atoms with Crippen LogP contribution in [0.25, 0.3) is 10.6 Å². The van der Waals surface area contributed by atoms with Crippen LogP contribution in [0.2, 0.25) is 0 Å². The minimum atomic E-state index is -0.917. The molecule has 3 saturated heterocycles. The van der Waals surface area contributed by atoms with Gasteiger partial charge in [-0.1, -0.05) is 0 Å². The van der Waals surface area contributed by atoms with E-state index in [9.17, 15) is 13.6 Å². The van der Waals surface area contributed by atoms with Gasteiger partial charge in [-0.05, 0) is 43.4 Å². The van der Waals surface area contributed by atoms with Crippen LogP contribution in [-0.2, 0) is 0 Å². The topological polar surface area (TPSA) is 45.2 Å². The maximum atomic E-state index is 13.3. The van der Waals surface area contributed by atoms with E-state index >= 15 is 0 Å². The maximum absolute atomic E-state index is 13.3. The maximum Gasteiger partial charge on any atom is 0.264 e. The van der Waals surface area contributed by atoms with Gasteiger partial charge in [0.05, 0.1) is 12.4 Å². The molecule has 1 aromatic carbocycles. The van der Waals surface area contributed by atoms with Crippen LogP contribution in [0.15, 0.2) is 24.4 Å². The Morgan fingerprint density at radius 2 is 2.04 bits per heavy atom. The minimum absolute atomic E-state index is 0.0961. The second kappa shape index (κ2) is 6.22. The molecule has 4 nitrogen and oxygen atoms in total. The zero-order chi connectivity index (χ0) is 16.7. The highest BCUT2D eigenvalue weighted by molar-refractivity contribution is 7.16. The first-order valence-corrected chi connectivity index (χ1v) is 8.88. The Morgan fingerprint density at radius 1 is 1.25 bits per heavy atom. The van der Waals surface area contributed by atoms with Gasteiger partial charge in [-0.15, -0.1) is 11.3 Å². The number of carbonyl (C=O) groups excluding carboxylic acids is 1. The molecule has 126 valence electrons. The van der Waals surface area contributed by atoms with Crippen LogP contribution in [0, 0.1) is 17.6 Å². The number of rotatable bonds is 3. The van der Waals surface area contributed by atoms with Crippen molar-refractivity contribution in [1.82, 2.24) is 15.2 Å². The fourth-order valence-corrected chi connectivity index (χ4v) is 4.30. The van der Waals surface area contributed by atoms with Gasteiger partial charge in [0, 0.05) is 18.7 Å². The van der Waals surface area contributed by atoms with Crippen molar-refractivity contribution in [2.24, 2.45) is 5.92 Å². The molecule has 0 spiro atoms. The lowest BCUT2D eigenvalue weighted by atomic mass is 9.86. The predicted octanol–water partition coefficient (Wildman–Crippen LogP) is 3.26. The number of thiazole rings is 1. The van der Waals surface area contributed by atoms with Crippen molar-refractivity contribution in [2.75, 3.05) is 13.1 Å². The highest BCUT2D eigenvalue weighted by Gasteiger charge is 2.34. The van der Waals surface area contributed by atoms with E-state index in [1.807, 2.05) is 0 Å². The second-order valence-electron chi connectivity index (χ2n) is 6.36. The summed E-state index contributed by atoms with van der Waals surface area (Å²) in [7, 11) is 0. The van der Waals surface area contributed by atoms with Gasteiger partial charge >= 0.3 is 0 Å². The zero-order valence-electron chi connectivity index (χ0n) is 13.0. The fourth-order valence-electron chi connectivity index (χ4n) is 3.48. The molecule has 1 unspecified atom stereocenters. The molecule has 1 atom stereocenters. The third-order valence-electron chi connectivity index (χ3n) is 4.84. The van der Waals surface area contributed by atoms with Gasteiger partial charge in [-0.25, -0.2) is 13.8 Å². The number of nitrogens with one attached hydrogen (secondary N) is 1. The monoisotopic (exact) mass is 349 g/mol. The van der Waals surface area contributed by atoms with Gasteiger partial charge in [-0.2, -0.15) is 0 Å². The van der Waals surface area contributed by atoms with Crippen molar-refractivity contribution in [3.8, 4) is 10.6 Å². The van der Waals surface area contributed by atoms with Crippen LogP contribution >= 0.6 is 11.3 Å². The molecule has 4 heterocycles. The third-order valence-corrected chi connectivity index (χ3v) is 5.89. The largest absolute Gasteiger partial charge is 0.336 e. The van der Waals surface area contributed by atoms with Gasteiger partial charge in [0.25, 0.3) is 5.91 Å². The molecule has 7 heteroatoms. The Morgan fingerprint density at radius 3 is 2.71 bits per heavy atom. The summed E-state index contributed by atoms with van der Waals surface area (Å²) in [5.74, 6) is -1.26. The first-order chi connectivity index (χ1) is 11.6. The minimum Gasteiger partial charge on any atom is -0.336 e. The lowest BCUT2D eigenvalue weighted by Crippen LogP contribution is -2.56. The standard InChI is InChI=1S/C17H17F2N3OS/c18-12-2-1-11(8-13(12)19)17-20-9-14(24-17)16(23)21-15-7-10-3-5-22(15)6-4-10/h1-2,8-10,15H,3-7H2,(H,21,23). The van der Waals surface area contributed by atoms with Crippen molar-refractivity contribution in [3.05, 3.63) is 40.9 Å². The van der Waals surface area contributed by atoms with Crippen LogP contribution in [0.3, 0.4) is 0 Å². The normalized spacial score (nSPS) is 25.7. The van der Waals surface area contributed by atoms with Gasteiger partial charge in [-0.3, -0.25) is 9.69 Å². The molecule has 0 aliphatic carbocycles. The molecule has 1 amide bonds. The molecule has 5 rings (SSSR count). The molecule has 24 heavy (non-hydrogen) atoms. The number of hydrogen-bond acceptors (Lipinski definition) is 4. The molecule has 0 saturated carbocycles. The average molecular weight is 349 g/mol. The van der Waals surface area contributed by atoms with E-state index < -0.39 is 11.6 Å². The zero-order valence-corrected chi connectivity index (χ0v) is 13.8. The SMILES string of the molecule is O=C(NC1CC2CCN1CC2)c1cnc(-c2ccc(F)c(F)c2)s1.